The number of hydrogen-bond acceptors (Lipinski definition) is 2. The van der Waals surface area contributed by atoms with E-state index < -0.39 is 0 Å². The molecule has 2 rings (SSSR count). The van der Waals surface area contributed by atoms with Gasteiger partial charge in [0.05, 0.1) is 0 Å². The molecule has 1 aliphatic rings. The van der Waals surface area contributed by atoms with Gasteiger partial charge >= 0.3 is 0 Å². The molecular formula is C11H19N3. The summed E-state index contributed by atoms with van der Waals surface area (Å²) in [5, 5.41) is 8.21. The Balaban J connectivity index is 1.96. The highest BCUT2D eigenvalue weighted by atomic mass is 15.3. The highest BCUT2D eigenvalue weighted by Crippen LogP contribution is 2.27. The molecule has 0 amide bonds. The molecule has 0 bridgehead atoms. The first-order valence-electron chi connectivity index (χ1n) is 5.77. The molecule has 14 heavy (non-hydrogen) atoms. The van der Waals surface area contributed by atoms with Crippen molar-refractivity contribution in [1.82, 2.24) is 14.8 Å². The van der Waals surface area contributed by atoms with Crippen molar-refractivity contribution in [2.45, 2.75) is 52.0 Å². The van der Waals surface area contributed by atoms with E-state index in [0.717, 1.165) is 25.3 Å². The molecule has 0 spiro atoms. The second-order valence-electron chi connectivity index (χ2n) is 4.30. The number of hydrogen-bond donors (Lipinski definition) is 0. The van der Waals surface area contributed by atoms with Gasteiger partial charge in [-0.05, 0) is 12.3 Å². The second kappa shape index (κ2) is 4.58. The van der Waals surface area contributed by atoms with Gasteiger partial charge in [0, 0.05) is 13.0 Å². The van der Waals surface area contributed by atoms with E-state index in [4.69, 9.17) is 0 Å². The SMILES string of the molecule is CCCn1cnnc1CC1CCCC1. The fraction of sp³-hybridized carbons (Fsp3) is 0.818. The van der Waals surface area contributed by atoms with E-state index in [-0.39, 0.29) is 0 Å². The van der Waals surface area contributed by atoms with Gasteiger partial charge in [0.25, 0.3) is 0 Å². The van der Waals surface area contributed by atoms with Gasteiger partial charge in [-0.1, -0.05) is 32.6 Å². The van der Waals surface area contributed by atoms with Crippen molar-refractivity contribution in [3.8, 4) is 0 Å². The highest BCUT2D eigenvalue weighted by Gasteiger charge is 2.17. The van der Waals surface area contributed by atoms with Crippen molar-refractivity contribution in [1.29, 1.82) is 0 Å². The number of rotatable bonds is 4. The van der Waals surface area contributed by atoms with Gasteiger partial charge in [-0.15, -0.1) is 10.2 Å². The summed E-state index contributed by atoms with van der Waals surface area (Å²) in [5.41, 5.74) is 0. The van der Waals surface area contributed by atoms with Crippen LogP contribution in [0.2, 0.25) is 0 Å². The summed E-state index contributed by atoms with van der Waals surface area (Å²) >= 11 is 0. The normalized spacial score (nSPS) is 17.8. The van der Waals surface area contributed by atoms with E-state index >= 15 is 0 Å². The molecule has 1 aromatic heterocycles. The molecule has 1 fully saturated rings. The van der Waals surface area contributed by atoms with Gasteiger partial charge in [0.15, 0.2) is 0 Å². The molecule has 3 nitrogen and oxygen atoms in total. The van der Waals surface area contributed by atoms with Crippen molar-refractivity contribution in [2.75, 3.05) is 0 Å². The van der Waals surface area contributed by atoms with Gasteiger partial charge < -0.3 is 4.57 Å². The third-order valence-electron chi connectivity index (χ3n) is 3.11. The van der Waals surface area contributed by atoms with Crippen LogP contribution in [0.5, 0.6) is 0 Å². The number of nitrogens with zero attached hydrogens (tertiary/aromatic N) is 3. The summed E-state index contributed by atoms with van der Waals surface area (Å²) in [6.45, 7) is 3.26. The van der Waals surface area contributed by atoms with Gasteiger partial charge in [0.1, 0.15) is 12.2 Å². The maximum atomic E-state index is 4.21. The van der Waals surface area contributed by atoms with Crippen molar-refractivity contribution in [3.05, 3.63) is 12.2 Å². The lowest BCUT2D eigenvalue weighted by Gasteiger charge is -2.09. The molecule has 1 heterocycles. The molecule has 0 unspecified atom stereocenters. The Morgan fingerprint density at radius 1 is 1.43 bits per heavy atom. The predicted molar refractivity (Wildman–Crippen MR) is 56.0 cm³/mol. The molecule has 3 heteroatoms. The van der Waals surface area contributed by atoms with Crippen molar-refractivity contribution in [3.63, 3.8) is 0 Å². The second-order valence-corrected chi connectivity index (χ2v) is 4.30. The van der Waals surface area contributed by atoms with Crippen molar-refractivity contribution in [2.24, 2.45) is 5.92 Å². The minimum Gasteiger partial charge on any atom is -0.318 e. The number of aryl methyl sites for hydroxylation is 1. The van der Waals surface area contributed by atoms with Crippen LogP contribution >= 0.6 is 0 Å². The molecule has 1 saturated carbocycles. The maximum absolute atomic E-state index is 4.21. The molecular weight excluding hydrogens is 174 g/mol. The van der Waals surface area contributed by atoms with Gasteiger partial charge in [-0.2, -0.15) is 0 Å². The van der Waals surface area contributed by atoms with Crippen LogP contribution in [0.15, 0.2) is 6.33 Å². The van der Waals surface area contributed by atoms with Crippen molar-refractivity contribution < 1.29 is 0 Å². The largest absolute Gasteiger partial charge is 0.318 e. The van der Waals surface area contributed by atoms with E-state index in [1.54, 1.807) is 0 Å². The molecule has 0 radical (unpaired) electrons. The van der Waals surface area contributed by atoms with Crippen LogP contribution in [-0.4, -0.2) is 14.8 Å². The first-order valence-corrected chi connectivity index (χ1v) is 5.77. The molecule has 0 atom stereocenters. The quantitative estimate of drug-likeness (QED) is 0.735. The molecule has 0 N–H and O–H groups in total. The molecule has 1 aliphatic carbocycles. The lowest BCUT2D eigenvalue weighted by molar-refractivity contribution is 0.506. The fourth-order valence-electron chi connectivity index (χ4n) is 2.34. The Hall–Kier alpha value is -0.860. The minimum absolute atomic E-state index is 0.870. The first-order chi connectivity index (χ1) is 6.90. The van der Waals surface area contributed by atoms with Crippen LogP contribution in [-0.2, 0) is 13.0 Å². The molecule has 0 saturated heterocycles. The van der Waals surface area contributed by atoms with Crippen LogP contribution < -0.4 is 0 Å². The summed E-state index contributed by atoms with van der Waals surface area (Å²) in [5.74, 6) is 2.06. The van der Waals surface area contributed by atoms with E-state index in [1.807, 2.05) is 6.33 Å². The molecule has 1 aromatic rings. The molecule has 0 aliphatic heterocycles. The molecule has 78 valence electrons. The third kappa shape index (κ3) is 2.14. The Morgan fingerprint density at radius 3 is 2.93 bits per heavy atom. The van der Waals surface area contributed by atoms with Crippen molar-refractivity contribution >= 4 is 0 Å². The summed E-state index contributed by atoms with van der Waals surface area (Å²) < 4.78 is 2.21. The number of aromatic nitrogens is 3. The van der Waals surface area contributed by atoms with Crippen LogP contribution in [0.3, 0.4) is 0 Å². The monoisotopic (exact) mass is 193 g/mol. The smallest absolute Gasteiger partial charge is 0.133 e. The molecule has 0 aromatic carbocycles. The average molecular weight is 193 g/mol. The standard InChI is InChI=1S/C11H19N3/c1-2-7-14-9-12-13-11(14)8-10-5-3-4-6-10/h9-10H,2-8H2,1H3. The summed E-state index contributed by atoms with van der Waals surface area (Å²) in [4.78, 5) is 0. The summed E-state index contributed by atoms with van der Waals surface area (Å²) in [7, 11) is 0. The summed E-state index contributed by atoms with van der Waals surface area (Å²) in [6.07, 6.45) is 9.76. The van der Waals surface area contributed by atoms with E-state index in [0.29, 0.717) is 0 Å². The fourth-order valence-corrected chi connectivity index (χ4v) is 2.34. The third-order valence-corrected chi connectivity index (χ3v) is 3.11. The Morgan fingerprint density at radius 2 is 2.21 bits per heavy atom. The predicted octanol–water partition coefficient (Wildman–Crippen LogP) is 2.42. The van der Waals surface area contributed by atoms with Crippen LogP contribution in [0, 0.1) is 5.92 Å². The van der Waals surface area contributed by atoms with Gasteiger partial charge in [-0.3, -0.25) is 0 Å². The van der Waals surface area contributed by atoms with Gasteiger partial charge in [0.2, 0.25) is 0 Å². The Kier molecular flexibility index (Phi) is 3.17. The zero-order valence-electron chi connectivity index (χ0n) is 8.95. The Labute approximate surface area is 85.5 Å². The highest BCUT2D eigenvalue weighted by molar-refractivity contribution is 4.89. The first kappa shape index (κ1) is 9.69. The summed E-state index contributed by atoms with van der Waals surface area (Å²) in [6, 6.07) is 0. The van der Waals surface area contributed by atoms with E-state index in [9.17, 15) is 0 Å². The average Bonchev–Trinajstić information content (AvgIpc) is 2.80. The zero-order chi connectivity index (χ0) is 9.80. The lowest BCUT2D eigenvalue weighted by Crippen LogP contribution is -2.07. The van der Waals surface area contributed by atoms with Gasteiger partial charge in [-0.25, -0.2) is 0 Å². The van der Waals surface area contributed by atoms with Crippen LogP contribution in [0.25, 0.3) is 0 Å². The lowest BCUT2D eigenvalue weighted by atomic mass is 10.0. The topological polar surface area (TPSA) is 30.7 Å². The Bertz CT molecular complexity index is 274. The van der Waals surface area contributed by atoms with E-state index in [1.165, 1.54) is 31.5 Å². The zero-order valence-corrected chi connectivity index (χ0v) is 8.95. The van der Waals surface area contributed by atoms with E-state index in [2.05, 4.69) is 21.7 Å². The maximum Gasteiger partial charge on any atom is 0.133 e. The van der Waals surface area contributed by atoms with Crippen LogP contribution in [0.1, 0.15) is 44.9 Å². The minimum atomic E-state index is 0.870. The van der Waals surface area contributed by atoms with Crippen LogP contribution in [0.4, 0.5) is 0 Å².